The van der Waals surface area contributed by atoms with Crippen LogP contribution in [0.4, 0.5) is 0 Å². The number of aromatic nitrogens is 5. The van der Waals surface area contributed by atoms with E-state index in [0.29, 0.717) is 24.2 Å². The van der Waals surface area contributed by atoms with E-state index in [4.69, 9.17) is 0 Å². The zero-order valence-electron chi connectivity index (χ0n) is 14.3. The molecule has 0 radical (unpaired) electrons. The van der Waals surface area contributed by atoms with E-state index >= 15 is 0 Å². The number of carbonyl (C=O) groups is 1. The van der Waals surface area contributed by atoms with E-state index in [9.17, 15) is 4.79 Å². The van der Waals surface area contributed by atoms with Gasteiger partial charge in [-0.2, -0.15) is 5.10 Å². The maximum atomic E-state index is 12.4. The quantitative estimate of drug-likeness (QED) is 0.601. The Kier molecular flexibility index (Phi) is 4.18. The Balaban J connectivity index is 1.50. The summed E-state index contributed by atoms with van der Waals surface area (Å²) in [6.45, 7) is 1.12. The predicted molar refractivity (Wildman–Crippen MR) is 97.5 cm³/mol. The van der Waals surface area contributed by atoms with Crippen molar-refractivity contribution in [3.8, 4) is 0 Å². The lowest BCUT2D eigenvalue weighted by Crippen LogP contribution is -2.22. The molecule has 0 saturated heterocycles. The van der Waals surface area contributed by atoms with Crippen molar-refractivity contribution in [3.05, 3.63) is 78.0 Å². The van der Waals surface area contributed by atoms with Crippen LogP contribution < -0.4 is 5.32 Å². The van der Waals surface area contributed by atoms with E-state index in [1.54, 1.807) is 29.5 Å². The second kappa shape index (κ2) is 6.79. The first-order valence-corrected chi connectivity index (χ1v) is 8.29. The number of aryl methyl sites for hydroxylation is 1. The van der Waals surface area contributed by atoms with Gasteiger partial charge in [0.2, 0.25) is 0 Å². The van der Waals surface area contributed by atoms with Gasteiger partial charge in [0.15, 0.2) is 5.65 Å². The molecule has 1 aromatic carbocycles. The Morgan fingerprint density at radius 1 is 1.12 bits per heavy atom. The summed E-state index contributed by atoms with van der Waals surface area (Å²) < 4.78 is 3.68. The molecule has 26 heavy (non-hydrogen) atoms. The number of amides is 1. The van der Waals surface area contributed by atoms with Crippen molar-refractivity contribution in [1.29, 1.82) is 0 Å². The number of benzene rings is 1. The monoisotopic (exact) mass is 346 g/mol. The van der Waals surface area contributed by atoms with Gasteiger partial charge in [0.25, 0.3) is 5.91 Å². The molecule has 0 atom stereocenters. The van der Waals surface area contributed by atoms with Crippen molar-refractivity contribution in [1.82, 2.24) is 29.6 Å². The van der Waals surface area contributed by atoms with E-state index in [-0.39, 0.29) is 5.91 Å². The predicted octanol–water partition coefficient (Wildman–Crippen LogP) is 2.14. The molecule has 4 rings (SSSR count). The molecule has 0 aliphatic heterocycles. The summed E-state index contributed by atoms with van der Waals surface area (Å²) in [6, 6.07) is 11.9. The topological polar surface area (TPSA) is 77.6 Å². The van der Waals surface area contributed by atoms with Gasteiger partial charge >= 0.3 is 0 Å². The van der Waals surface area contributed by atoms with Crippen LogP contribution >= 0.6 is 0 Å². The molecule has 3 heterocycles. The van der Waals surface area contributed by atoms with Gasteiger partial charge in [-0.05, 0) is 11.6 Å². The van der Waals surface area contributed by atoms with Crippen LogP contribution in [0, 0.1) is 0 Å². The maximum absolute atomic E-state index is 12.4. The summed E-state index contributed by atoms with van der Waals surface area (Å²) in [4.78, 5) is 21.2. The fourth-order valence-corrected chi connectivity index (χ4v) is 2.82. The van der Waals surface area contributed by atoms with Crippen molar-refractivity contribution in [2.75, 3.05) is 0 Å². The molecule has 0 spiro atoms. The van der Waals surface area contributed by atoms with E-state index < -0.39 is 0 Å². The average Bonchev–Trinajstić information content (AvgIpc) is 3.26. The van der Waals surface area contributed by atoms with Crippen LogP contribution in [0.5, 0.6) is 0 Å². The Morgan fingerprint density at radius 3 is 2.73 bits per heavy atom. The van der Waals surface area contributed by atoms with E-state index in [1.165, 1.54) is 5.56 Å². The fourth-order valence-electron chi connectivity index (χ4n) is 2.82. The van der Waals surface area contributed by atoms with Gasteiger partial charge in [0.1, 0.15) is 5.52 Å². The summed E-state index contributed by atoms with van der Waals surface area (Å²) in [5.41, 5.74) is 4.08. The third-order valence-electron chi connectivity index (χ3n) is 4.12. The Labute approximate surface area is 150 Å². The van der Waals surface area contributed by atoms with Crippen molar-refractivity contribution < 1.29 is 4.79 Å². The van der Waals surface area contributed by atoms with Crippen LogP contribution in [0.15, 0.2) is 61.3 Å². The second-order valence-electron chi connectivity index (χ2n) is 6.13. The minimum absolute atomic E-state index is 0.180. The number of hydrogen-bond acceptors (Lipinski definition) is 4. The lowest BCUT2D eigenvalue weighted by Gasteiger charge is -2.05. The molecule has 7 nitrogen and oxygen atoms in total. The van der Waals surface area contributed by atoms with Gasteiger partial charge in [-0.1, -0.05) is 30.3 Å². The SMILES string of the molecule is Cn1cc(CNC(=O)c2cnc3c(c2)ncn3Cc2ccccc2)cn1. The molecule has 7 heteroatoms. The van der Waals surface area contributed by atoms with Gasteiger partial charge in [-0.25, -0.2) is 9.97 Å². The van der Waals surface area contributed by atoms with Gasteiger partial charge in [-0.3, -0.25) is 9.48 Å². The summed E-state index contributed by atoms with van der Waals surface area (Å²) in [6.07, 6.45) is 6.94. The molecule has 0 saturated carbocycles. The van der Waals surface area contributed by atoms with E-state index in [0.717, 1.165) is 11.2 Å². The molecule has 130 valence electrons. The molecule has 0 aliphatic rings. The average molecular weight is 346 g/mol. The third-order valence-corrected chi connectivity index (χ3v) is 4.12. The van der Waals surface area contributed by atoms with Crippen molar-refractivity contribution >= 4 is 17.1 Å². The molecule has 0 aliphatic carbocycles. The minimum Gasteiger partial charge on any atom is -0.348 e. The first-order valence-electron chi connectivity index (χ1n) is 8.29. The smallest absolute Gasteiger partial charge is 0.253 e. The number of hydrogen-bond donors (Lipinski definition) is 1. The summed E-state index contributed by atoms with van der Waals surface area (Å²) in [7, 11) is 1.84. The number of nitrogens with zero attached hydrogens (tertiary/aromatic N) is 5. The number of carbonyl (C=O) groups excluding carboxylic acids is 1. The Morgan fingerprint density at radius 2 is 1.96 bits per heavy atom. The molecular formula is C19H18N6O. The van der Waals surface area contributed by atoms with Gasteiger partial charge < -0.3 is 9.88 Å². The number of rotatable bonds is 5. The highest BCUT2D eigenvalue weighted by molar-refractivity contribution is 5.96. The molecule has 0 fully saturated rings. The normalized spacial score (nSPS) is 11.0. The highest BCUT2D eigenvalue weighted by Gasteiger charge is 2.11. The molecule has 3 aromatic heterocycles. The number of pyridine rings is 1. The minimum atomic E-state index is -0.180. The molecule has 1 N–H and O–H groups in total. The Bertz CT molecular complexity index is 1050. The molecular weight excluding hydrogens is 328 g/mol. The van der Waals surface area contributed by atoms with Crippen LogP contribution in [-0.4, -0.2) is 30.2 Å². The van der Waals surface area contributed by atoms with Gasteiger partial charge in [-0.15, -0.1) is 0 Å². The van der Waals surface area contributed by atoms with Gasteiger partial charge in [0, 0.05) is 31.5 Å². The second-order valence-corrected chi connectivity index (χ2v) is 6.13. The van der Waals surface area contributed by atoms with Crippen LogP contribution in [0.25, 0.3) is 11.2 Å². The molecule has 1 amide bonds. The highest BCUT2D eigenvalue weighted by Crippen LogP contribution is 2.14. The summed E-state index contributed by atoms with van der Waals surface area (Å²) >= 11 is 0. The van der Waals surface area contributed by atoms with Crippen LogP contribution in [0.3, 0.4) is 0 Å². The molecule has 0 unspecified atom stereocenters. The fraction of sp³-hybridized carbons (Fsp3) is 0.158. The largest absolute Gasteiger partial charge is 0.348 e. The van der Waals surface area contributed by atoms with Crippen molar-refractivity contribution in [2.45, 2.75) is 13.1 Å². The van der Waals surface area contributed by atoms with E-state index in [1.807, 2.05) is 36.0 Å². The first-order chi connectivity index (χ1) is 12.7. The number of imidazole rings is 1. The lowest BCUT2D eigenvalue weighted by atomic mass is 10.2. The highest BCUT2D eigenvalue weighted by atomic mass is 16.1. The van der Waals surface area contributed by atoms with Crippen LogP contribution in [-0.2, 0) is 20.1 Å². The lowest BCUT2D eigenvalue weighted by molar-refractivity contribution is 0.0950. The molecule has 0 bridgehead atoms. The first kappa shape index (κ1) is 16.0. The maximum Gasteiger partial charge on any atom is 0.253 e. The third kappa shape index (κ3) is 3.32. The van der Waals surface area contributed by atoms with Crippen LogP contribution in [0.1, 0.15) is 21.5 Å². The summed E-state index contributed by atoms with van der Waals surface area (Å²) in [5, 5.41) is 6.96. The number of fused-ring (bicyclic) bond motifs is 1. The zero-order chi connectivity index (χ0) is 17.9. The number of nitrogens with one attached hydrogen (secondary N) is 1. The van der Waals surface area contributed by atoms with E-state index in [2.05, 4.69) is 32.5 Å². The standard InChI is InChI=1S/C19H18N6O/c1-24-11-15(9-23-24)8-21-19(26)16-7-17-18(20-10-16)25(13-22-17)12-14-5-3-2-4-6-14/h2-7,9-11,13H,8,12H2,1H3,(H,21,26). The van der Waals surface area contributed by atoms with Crippen molar-refractivity contribution in [2.24, 2.45) is 7.05 Å². The Hall–Kier alpha value is -3.48. The van der Waals surface area contributed by atoms with Gasteiger partial charge in [0.05, 0.1) is 24.6 Å². The summed E-state index contributed by atoms with van der Waals surface area (Å²) in [5.74, 6) is -0.180. The van der Waals surface area contributed by atoms with Crippen molar-refractivity contribution in [3.63, 3.8) is 0 Å². The molecule has 4 aromatic rings. The van der Waals surface area contributed by atoms with Crippen LogP contribution in [0.2, 0.25) is 0 Å². The zero-order valence-corrected chi connectivity index (χ0v) is 14.3.